The van der Waals surface area contributed by atoms with Crippen LogP contribution < -0.4 is 15.8 Å². The second kappa shape index (κ2) is 7.59. The molecule has 1 atom stereocenters. The van der Waals surface area contributed by atoms with E-state index in [0.717, 1.165) is 26.2 Å². The molecule has 2 aromatic rings. The number of carbonyl (C=O) groups excluding carboxylic acids is 1. The predicted molar refractivity (Wildman–Crippen MR) is 108 cm³/mol. The quantitative estimate of drug-likeness (QED) is 0.798. The number of rotatable bonds is 5. The Hall–Kier alpha value is -2.74. The van der Waals surface area contributed by atoms with Crippen molar-refractivity contribution in [2.45, 2.75) is 31.2 Å². The topological polar surface area (TPSA) is 81.3 Å². The number of hydrogen-bond donors (Lipinski definition) is 2. The summed E-state index contributed by atoms with van der Waals surface area (Å²) < 4.78 is 13.6. The van der Waals surface area contributed by atoms with Crippen LogP contribution in [0, 0.1) is 5.82 Å². The Morgan fingerprint density at radius 2 is 1.97 bits per heavy atom. The summed E-state index contributed by atoms with van der Waals surface area (Å²) >= 11 is 0. The van der Waals surface area contributed by atoms with Crippen LogP contribution in [0.25, 0.3) is 0 Å². The molecule has 154 valence electrons. The van der Waals surface area contributed by atoms with Crippen LogP contribution in [0.3, 0.4) is 0 Å². The Morgan fingerprint density at radius 3 is 2.62 bits per heavy atom. The van der Waals surface area contributed by atoms with E-state index in [2.05, 4.69) is 32.1 Å². The number of aromatic amines is 1. The summed E-state index contributed by atoms with van der Waals surface area (Å²) in [6.07, 6.45) is 1.37. The van der Waals surface area contributed by atoms with Gasteiger partial charge in [0.1, 0.15) is 5.82 Å². The lowest BCUT2D eigenvalue weighted by atomic mass is 9.94. The summed E-state index contributed by atoms with van der Waals surface area (Å²) in [5, 5.41) is 2.98. The Labute approximate surface area is 168 Å². The van der Waals surface area contributed by atoms with E-state index < -0.39 is 11.5 Å². The number of carbonyl (C=O) groups is 1. The fraction of sp³-hybridized carbons (Fsp3) is 0.476. The molecule has 1 saturated carbocycles. The van der Waals surface area contributed by atoms with Crippen molar-refractivity contribution in [2.24, 2.45) is 0 Å². The zero-order valence-corrected chi connectivity index (χ0v) is 16.7. The van der Waals surface area contributed by atoms with Crippen LogP contribution >= 0.6 is 0 Å². The number of likely N-dealkylation sites (N-methyl/N-ethyl adjacent to an activating group) is 1. The van der Waals surface area contributed by atoms with Crippen LogP contribution in [0.5, 0.6) is 0 Å². The first-order chi connectivity index (χ1) is 13.9. The van der Waals surface area contributed by atoms with Gasteiger partial charge in [0.15, 0.2) is 0 Å². The lowest BCUT2D eigenvalue weighted by Crippen LogP contribution is -2.45. The third kappa shape index (κ3) is 4.03. The standard InChI is InChI=1S/C21H26FN5O2/c1-14(23-19(29)21(6-7-21)15-4-3-5-16(22)12-15)17-13-18(28)25-20(24-17)27-10-8-26(2)9-11-27/h3-5,12-14H,6-11H2,1-2H3,(H,23,29)(H,24,25,28). The highest BCUT2D eigenvalue weighted by Gasteiger charge is 2.51. The SMILES string of the molecule is CC(NC(=O)C1(c2cccc(F)c2)CC1)c1cc(=O)[nH]c(N2CCN(C)CC2)n1. The van der Waals surface area contributed by atoms with Gasteiger partial charge < -0.3 is 15.1 Å². The van der Waals surface area contributed by atoms with Gasteiger partial charge in [-0.25, -0.2) is 9.37 Å². The molecule has 1 aliphatic carbocycles. The highest BCUT2D eigenvalue weighted by Crippen LogP contribution is 2.48. The van der Waals surface area contributed by atoms with E-state index in [4.69, 9.17) is 0 Å². The van der Waals surface area contributed by atoms with Gasteiger partial charge >= 0.3 is 0 Å². The Morgan fingerprint density at radius 1 is 1.24 bits per heavy atom. The van der Waals surface area contributed by atoms with Crippen molar-refractivity contribution in [1.82, 2.24) is 20.2 Å². The van der Waals surface area contributed by atoms with Gasteiger partial charge in [0.05, 0.1) is 17.2 Å². The molecule has 1 amide bonds. The maximum absolute atomic E-state index is 13.6. The molecule has 8 heteroatoms. The van der Waals surface area contributed by atoms with Crippen molar-refractivity contribution in [1.29, 1.82) is 0 Å². The maximum Gasteiger partial charge on any atom is 0.252 e. The number of H-pyrrole nitrogens is 1. The van der Waals surface area contributed by atoms with Crippen molar-refractivity contribution in [3.8, 4) is 0 Å². The first kappa shape index (κ1) is 19.6. The molecular weight excluding hydrogens is 373 g/mol. The van der Waals surface area contributed by atoms with E-state index in [1.807, 2.05) is 6.92 Å². The number of nitrogens with one attached hydrogen (secondary N) is 2. The van der Waals surface area contributed by atoms with Crippen LogP contribution in [0.1, 0.15) is 37.1 Å². The van der Waals surface area contributed by atoms with Crippen molar-refractivity contribution >= 4 is 11.9 Å². The van der Waals surface area contributed by atoms with E-state index in [-0.39, 0.29) is 17.3 Å². The average Bonchev–Trinajstić information content (AvgIpc) is 3.50. The molecule has 2 N–H and O–H groups in total. The molecule has 1 aliphatic heterocycles. The molecular formula is C21H26FN5O2. The maximum atomic E-state index is 13.6. The summed E-state index contributed by atoms with van der Waals surface area (Å²) in [5.41, 5.74) is 0.291. The summed E-state index contributed by atoms with van der Waals surface area (Å²) in [7, 11) is 2.06. The van der Waals surface area contributed by atoms with Crippen LogP contribution in [0.4, 0.5) is 10.3 Å². The largest absolute Gasteiger partial charge is 0.347 e. The van der Waals surface area contributed by atoms with Gasteiger partial charge in [-0.3, -0.25) is 14.6 Å². The number of hydrogen-bond acceptors (Lipinski definition) is 5. The van der Waals surface area contributed by atoms with Crippen LogP contribution in [0.15, 0.2) is 35.1 Å². The highest BCUT2D eigenvalue weighted by atomic mass is 19.1. The minimum atomic E-state index is -0.683. The minimum Gasteiger partial charge on any atom is -0.347 e. The van der Waals surface area contributed by atoms with E-state index >= 15 is 0 Å². The fourth-order valence-corrected chi connectivity index (χ4v) is 3.82. The van der Waals surface area contributed by atoms with Crippen molar-refractivity contribution in [2.75, 3.05) is 38.1 Å². The molecule has 29 heavy (non-hydrogen) atoms. The number of benzene rings is 1. The van der Waals surface area contributed by atoms with Gasteiger partial charge in [0.2, 0.25) is 11.9 Å². The van der Waals surface area contributed by atoms with Crippen LogP contribution in [0.2, 0.25) is 0 Å². The highest BCUT2D eigenvalue weighted by molar-refractivity contribution is 5.91. The molecule has 0 radical (unpaired) electrons. The average molecular weight is 399 g/mol. The number of nitrogens with zero attached hydrogens (tertiary/aromatic N) is 3. The molecule has 2 fully saturated rings. The molecule has 2 heterocycles. The number of anilines is 1. The lowest BCUT2D eigenvalue weighted by molar-refractivity contribution is -0.124. The molecule has 0 bridgehead atoms. The second-order valence-electron chi connectivity index (χ2n) is 8.07. The number of aromatic nitrogens is 2. The molecule has 1 aromatic carbocycles. The molecule has 1 saturated heterocycles. The van der Waals surface area contributed by atoms with Gasteiger partial charge in [-0.2, -0.15) is 0 Å². The first-order valence-corrected chi connectivity index (χ1v) is 9.99. The monoisotopic (exact) mass is 399 g/mol. The number of amides is 1. The molecule has 2 aliphatic rings. The van der Waals surface area contributed by atoms with E-state index in [1.54, 1.807) is 12.1 Å². The Balaban J connectivity index is 1.50. The number of piperazine rings is 1. The smallest absolute Gasteiger partial charge is 0.252 e. The Bertz CT molecular complexity index is 964. The fourth-order valence-electron chi connectivity index (χ4n) is 3.82. The summed E-state index contributed by atoms with van der Waals surface area (Å²) in [4.78, 5) is 36.8. The van der Waals surface area contributed by atoms with Crippen molar-refractivity contribution in [3.05, 3.63) is 57.8 Å². The van der Waals surface area contributed by atoms with Gasteiger partial charge in [-0.1, -0.05) is 12.1 Å². The molecule has 4 rings (SSSR count). The second-order valence-corrected chi connectivity index (χ2v) is 8.07. The van der Waals surface area contributed by atoms with Crippen LogP contribution in [-0.2, 0) is 10.2 Å². The third-order valence-electron chi connectivity index (χ3n) is 5.90. The normalized spacial score (nSPS) is 19.6. The zero-order valence-electron chi connectivity index (χ0n) is 16.7. The molecule has 1 unspecified atom stereocenters. The number of halogens is 1. The van der Waals surface area contributed by atoms with Gasteiger partial charge in [0.25, 0.3) is 5.56 Å². The summed E-state index contributed by atoms with van der Waals surface area (Å²) in [5.74, 6) is 0.0366. The molecule has 0 spiro atoms. The summed E-state index contributed by atoms with van der Waals surface area (Å²) in [6.45, 7) is 5.18. The van der Waals surface area contributed by atoms with Crippen molar-refractivity contribution < 1.29 is 9.18 Å². The minimum absolute atomic E-state index is 0.154. The lowest BCUT2D eigenvalue weighted by Gasteiger charge is -2.33. The summed E-state index contributed by atoms with van der Waals surface area (Å²) in [6, 6.07) is 7.21. The predicted octanol–water partition coefficient (Wildman–Crippen LogP) is 1.57. The van der Waals surface area contributed by atoms with E-state index in [0.29, 0.717) is 30.0 Å². The van der Waals surface area contributed by atoms with Gasteiger partial charge in [-0.15, -0.1) is 0 Å². The van der Waals surface area contributed by atoms with E-state index in [1.165, 1.54) is 18.2 Å². The van der Waals surface area contributed by atoms with E-state index in [9.17, 15) is 14.0 Å². The first-order valence-electron chi connectivity index (χ1n) is 9.99. The third-order valence-corrected chi connectivity index (χ3v) is 5.90. The molecule has 7 nitrogen and oxygen atoms in total. The van der Waals surface area contributed by atoms with Gasteiger partial charge in [-0.05, 0) is 44.5 Å². The van der Waals surface area contributed by atoms with Gasteiger partial charge in [0, 0.05) is 32.2 Å². The van der Waals surface area contributed by atoms with Crippen LogP contribution in [-0.4, -0.2) is 54.0 Å². The zero-order chi connectivity index (χ0) is 20.6. The Kier molecular flexibility index (Phi) is 5.12. The van der Waals surface area contributed by atoms with Crippen molar-refractivity contribution in [3.63, 3.8) is 0 Å². The molecule has 1 aromatic heterocycles.